The summed E-state index contributed by atoms with van der Waals surface area (Å²) in [5, 5.41) is 0. The maximum atomic E-state index is 13.7. The van der Waals surface area contributed by atoms with Crippen LogP contribution in [0.2, 0.25) is 0 Å². The lowest BCUT2D eigenvalue weighted by Crippen LogP contribution is -2.32. The van der Waals surface area contributed by atoms with Crippen molar-refractivity contribution in [1.82, 2.24) is 18.4 Å². The van der Waals surface area contributed by atoms with Gasteiger partial charge in [-0.2, -0.15) is 4.31 Å². The predicted molar refractivity (Wildman–Crippen MR) is 105 cm³/mol. The number of nitrogens with zero attached hydrogens (tertiary/aromatic N) is 4. The molecule has 0 spiro atoms. The first-order valence-corrected chi connectivity index (χ1v) is 10.7. The van der Waals surface area contributed by atoms with Crippen LogP contribution in [0.1, 0.15) is 19.4 Å². The van der Waals surface area contributed by atoms with E-state index in [0.717, 1.165) is 12.1 Å². The van der Waals surface area contributed by atoms with Crippen LogP contribution in [0, 0.1) is 5.82 Å². The molecule has 154 valence electrons. The van der Waals surface area contributed by atoms with Gasteiger partial charge in [-0.25, -0.2) is 22.6 Å². The first kappa shape index (κ1) is 19.6. The first-order valence-electron chi connectivity index (χ1n) is 9.28. The fourth-order valence-corrected chi connectivity index (χ4v) is 5.53. The van der Waals surface area contributed by atoms with Crippen LogP contribution < -0.4 is 10.4 Å². The molecule has 3 heterocycles. The van der Waals surface area contributed by atoms with Crippen LogP contribution in [0.15, 0.2) is 46.2 Å². The molecule has 0 amide bonds. The SMILES string of the molecule is CCn1c(=O)n([C@@H]2CCN(S(=O)(=O)c3cc(F)ccc3OC)C2)c2ncccc21. The molecule has 4 rings (SSSR count). The number of sulfonamides is 1. The molecular formula is C19H21FN4O4S. The summed E-state index contributed by atoms with van der Waals surface area (Å²) in [5.74, 6) is -0.581. The number of ether oxygens (including phenoxy) is 1. The highest BCUT2D eigenvalue weighted by Gasteiger charge is 2.37. The molecule has 1 saturated heterocycles. The molecule has 10 heteroatoms. The summed E-state index contributed by atoms with van der Waals surface area (Å²) in [6.07, 6.45) is 2.06. The van der Waals surface area contributed by atoms with Crippen molar-refractivity contribution in [1.29, 1.82) is 0 Å². The largest absolute Gasteiger partial charge is 0.495 e. The highest BCUT2D eigenvalue weighted by atomic mass is 32.2. The van der Waals surface area contributed by atoms with Crippen LogP contribution in [0.25, 0.3) is 11.2 Å². The van der Waals surface area contributed by atoms with E-state index in [2.05, 4.69) is 4.98 Å². The smallest absolute Gasteiger partial charge is 0.330 e. The van der Waals surface area contributed by atoms with Crippen molar-refractivity contribution < 1.29 is 17.5 Å². The van der Waals surface area contributed by atoms with E-state index in [0.29, 0.717) is 24.1 Å². The van der Waals surface area contributed by atoms with Gasteiger partial charge in [-0.15, -0.1) is 0 Å². The molecule has 0 radical (unpaired) electrons. The van der Waals surface area contributed by atoms with Crippen LogP contribution >= 0.6 is 0 Å². The minimum absolute atomic E-state index is 0.0799. The van der Waals surface area contributed by atoms with E-state index in [1.807, 2.05) is 13.0 Å². The number of imidazole rings is 1. The van der Waals surface area contributed by atoms with Crippen molar-refractivity contribution in [3.8, 4) is 5.75 Å². The average molecular weight is 420 g/mol. The van der Waals surface area contributed by atoms with Gasteiger partial charge in [0.25, 0.3) is 0 Å². The summed E-state index contributed by atoms with van der Waals surface area (Å²) < 4.78 is 49.5. The molecule has 0 saturated carbocycles. The summed E-state index contributed by atoms with van der Waals surface area (Å²) in [7, 11) is -2.65. The van der Waals surface area contributed by atoms with Gasteiger partial charge in [-0.05, 0) is 43.7 Å². The number of halogens is 1. The zero-order valence-corrected chi connectivity index (χ0v) is 16.9. The van der Waals surface area contributed by atoms with Crippen molar-refractivity contribution in [3.63, 3.8) is 0 Å². The Morgan fingerprint density at radius 2 is 2.10 bits per heavy atom. The second kappa shape index (κ2) is 7.27. The first-order chi connectivity index (χ1) is 13.9. The average Bonchev–Trinajstić information content (AvgIpc) is 3.30. The number of methoxy groups -OCH3 is 1. The van der Waals surface area contributed by atoms with Gasteiger partial charge >= 0.3 is 5.69 Å². The number of aryl methyl sites for hydroxylation is 1. The van der Waals surface area contributed by atoms with E-state index in [4.69, 9.17) is 4.74 Å². The zero-order valence-electron chi connectivity index (χ0n) is 16.1. The summed E-state index contributed by atoms with van der Waals surface area (Å²) in [6.45, 7) is 2.68. The molecular weight excluding hydrogens is 399 g/mol. The molecule has 29 heavy (non-hydrogen) atoms. The van der Waals surface area contributed by atoms with Gasteiger partial charge in [0.15, 0.2) is 5.65 Å². The third-order valence-electron chi connectivity index (χ3n) is 5.27. The third-order valence-corrected chi connectivity index (χ3v) is 7.16. The van der Waals surface area contributed by atoms with Crippen LogP contribution in [0.5, 0.6) is 5.75 Å². The van der Waals surface area contributed by atoms with E-state index in [9.17, 15) is 17.6 Å². The Hall–Kier alpha value is -2.72. The van der Waals surface area contributed by atoms with Crippen LogP contribution in [0.4, 0.5) is 4.39 Å². The second-order valence-electron chi connectivity index (χ2n) is 6.84. The minimum atomic E-state index is -3.98. The van der Waals surface area contributed by atoms with Crippen molar-refractivity contribution >= 4 is 21.2 Å². The monoisotopic (exact) mass is 420 g/mol. The van der Waals surface area contributed by atoms with Gasteiger partial charge in [0.05, 0.1) is 18.7 Å². The Bertz CT molecular complexity index is 1230. The maximum Gasteiger partial charge on any atom is 0.330 e. The van der Waals surface area contributed by atoms with Crippen molar-refractivity contribution in [2.45, 2.75) is 30.8 Å². The number of pyridine rings is 1. The van der Waals surface area contributed by atoms with Crippen LogP contribution in [-0.2, 0) is 16.6 Å². The van der Waals surface area contributed by atoms with Gasteiger partial charge in [-0.3, -0.25) is 9.13 Å². The molecule has 0 unspecified atom stereocenters. The summed E-state index contributed by atoms with van der Waals surface area (Å²) in [4.78, 5) is 17.1. The number of aromatic nitrogens is 3. The van der Waals surface area contributed by atoms with E-state index in [1.54, 1.807) is 21.4 Å². The summed E-state index contributed by atoms with van der Waals surface area (Å²) >= 11 is 0. The Morgan fingerprint density at radius 1 is 1.31 bits per heavy atom. The summed E-state index contributed by atoms with van der Waals surface area (Å²) in [5.41, 5.74) is 1.04. The zero-order chi connectivity index (χ0) is 20.8. The quantitative estimate of drug-likeness (QED) is 0.630. The second-order valence-corrected chi connectivity index (χ2v) is 8.75. The molecule has 1 atom stereocenters. The van der Waals surface area contributed by atoms with Gasteiger partial charge in [0.2, 0.25) is 10.0 Å². The lowest BCUT2D eigenvalue weighted by molar-refractivity contribution is 0.395. The minimum Gasteiger partial charge on any atom is -0.495 e. The molecule has 8 nitrogen and oxygen atoms in total. The van der Waals surface area contributed by atoms with E-state index in [-0.39, 0.29) is 35.5 Å². The fraction of sp³-hybridized carbons (Fsp3) is 0.368. The lowest BCUT2D eigenvalue weighted by Gasteiger charge is -2.18. The summed E-state index contributed by atoms with van der Waals surface area (Å²) in [6, 6.07) is 6.62. The number of hydrogen-bond acceptors (Lipinski definition) is 5. The van der Waals surface area contributed by atoms with E-state index in [1.165, 1.54) is 17.5 Å². The highest BCUT2D eigenvalue weighted by molar-refractivity contribution is 7.89. The van der Waals surface area contributed by atoms with Crippen molar-refractivity contribution in [2.24, 2.45) is 0 Å². The van der Waals surface area contributed by atoms with Gasteiger partial charge in [-0.1, -0.05) is 0 Å². The van der Waals surface area contributed by atoms with Gasteiger partial charge in [0.1, 0.15) is 16.5 Å². The highest BCUT2D eigenvalue weighted by Crippen LogP contribution is 2.32. The molecule has 1 aromatic carbocycles. The number of hydrogen-bond donors (Lipinski definition) is 0. The number of benzene rings is 1. The topological polar surface area (TPSA) is 86.4 Å². The Balaban J connectivity index is 1.72. The maximum absolute atomic E-state index is 13.7. The Kier molecular flexibility index (Phi) is 4.91. The molecule has 1 aliphatic rings. The Labute approximate surface area is 167 Å². The van der Waals surface area contributed by atoms with Gasteiger partial charge < -0.3 is 4.74 Å². The van der Waals surface area contributed by atoms with E-state index < -0.39 is 15.8 Å². The normalized spacial score (nSPS) is 17.8. The standard InChI is InChI=1S/C19H21FN4O4S/c1-3-23-15-5-4-9-21-18(15)24(19(23)25)14-8-10-22(12-14)29(26,27)17-11-13(20)6-7-16(17)28-2/h4-7,9,11,14H,3,8,10,12H2,1-2H3/t14-/m1/s1. The third kappa shape index (κ3) is 3.12. The molecule has 0 bridgehead atoms. The van der Waals surface area contributed by atoms with Gasteiger partial charge in [0, 0.05) is 25.8 Å². The Morgan fingerprint density at radius 3 is 2.83 bits per heavy atom. The molecule has 1 aliphatic heterocycles. The fourth-order valence-electron chi connectivity index (χ4n) is 3.87. The van der Waals surface area contributed by atoms with Crippen LogP contribution in [0.3, 0.4) is 0 Å². The number of rotatable bonds is 5. The van der Waals surface area contributed by atoms with Crippen molar-refractivity contribution in [3.05, 3.63) is 52.8 Å². The lowest BCUT2D eigenvalue weighted by atomic mass is 10.2. The number of fused-ring (bicyclic) bond motifs is 1. The van der Waals surface area contributed by atoms with E-state index >= 15 is 0 Å². The molecule has 0 N–H and O–H groups in total. The molecule has 2 aromatic heterocycles. The van der Waals surface area contributed by atoms with Crippen molar-refractivity contribution in [2.75, 3.05) is 20.2 Å². The molecule has 3 aromatic rings. The molecule has 1 fully saturated rings. The predicted octanol–water partition coefficient (Wildman–Crippen LogP) is 2.00. The van der Waals surface area contributed by atoms with Crippen LogP contribution in [-0.4, -0.2) is 47.0 Å². The molecule has 0 aliphatic carbocycles.